The molecule has 1 aromatic heterocycles. The van der Waals surface area contributed by atoms with E-state index in [0.717, 1.165) is 0 Å². The molecule has 104 valence electrons. The third-order valence-electron chi connectivity index (χ3n) is 2.64. The predicted octanol–water partition coefficient (Wildman–Crippen LogP) is 3.78. The molecule has 0 aliphatic heterocycles. The molecule has 0 saturated heterocycles. The number of nitrogens with two attached hydrogens (primary N) is 1. The highest BCUT2D eigenvalue weighted by Crippen LogP contribution is 2.25. The van der Waals surface area contributed by atoms with Crippen molar-refractivity contribution in [2.75, 3.05) is 11.1 Å². The van der Waals surface area contributed by atoms with Crippen molar-refractivity contribution in [2.45, 2.75) is 6.92 Å². The van der Waals surface area contributed by atoms with Crippen molar-refractivity contribution in [3.05, 3.63) is 50.8 Å². The van der Waals surface area contributed by atoms with Crippen LogP contribution in [-0.4, -0.2) is 10.9 Å². The zero-order chi connectivity index (χ0) is 14.9. The van der Waals surface area contributed by atoms with Crippen molar-refractivity contribution in [1.29, 1.82) is 0 Å². The van der Waals surface area contributed by atoms with Gasteiger partial charge in [0.15, 0.2) is 0 Å². The first-order valence-electron chi connectivity index (χ1n) is 5.56. The van der Waals surface area contributed by atoms with E-state index < -0.39 is 11.7 Å². The van der Waals surface area contributed by atoms with Crippen LogP contribution in [0.2, 0.25) is 5.02 Å². The van der Waals surface area contributed by atoms with E-state index in [0.29, 0.717) is 11.3 Å². The molecule has 3 N–H and O–H groups in total. The van der Waals surface area contributed by atoms with E-state index in [1.807, 2.05) is 0 Å². The number of pyridine rings is 1. The number of nitrogens with zero attached hydrogens (tertiary/aromatic N) is 1. The summed E-state index contributed by atoms with van der Waals surface area (Å²) in [6, 6.07) is 4.19. The van der Waals surface area contributed by atoms with Gasteiger partial charge in [-0.05, 0) is 46.6 Å². The molecule has 1 heterocycles. The van der Waals surface area contributed by atoms with Crippen LogP contribution < -0.4 is 11.1 Å². The van der Waals surface area contributed by atoms with Gasteiger partial charge < -0.3 is 11.1 Å². The van der Waals surface area contributed by atoms with Crippen LogP contribution in [-0.2, 0) is 0 Å². The number of rotatable bonds is 2. The smallest absolute Gasteiger partial charge is 0.257 e. The molecular formula is C13H10BrClFN3O. The molecule has 0 saturated carbocycles. The van der Waals surface area contributed by atoms with Crippen LogP contribution in [0.3, 0.4) is 0 Å². The Morgan fingerprint density at radius 1 is 1.45 bits per heavy atom. The summed E-state index contributed by atoms with van der Waals surface area (Å²) in [6.45, 7) is 1.69. The normalized spacial score (nSPS) is 10.4. The van der Waals surface area contributed by atoms with Crippen molar-refractivity contribution >= 4 is 44.9 Å². The molecule has 20 heavy (non-hydrogen) atoms. The standard InChI is InChI=1S/C13H10BrClFN3O/c1-6-2-10(16)8(14)4-11(6)19-13(20)7-3-12(17)18-5-9(7)15/h2-5H,1H3,(H2,17,18)(H,19,20). The molecule has 0 bridgehead atoms. The van der Waals surface area contributed by atoms with E-state index in [2.05, 4.69) is 26.2 Å². The number of aryl methyl sites for hydroxylation is 1. The molecule has 0 atom stereocenters. The molecule has 0 spiro atoms. The maximum absolute atomic E-state index is 13.3. The Balaban J connectivity index is 2.32. The van der Waals surface area contributed by atoms with Gasteiger partial charge in [-0.15, -0.1) is 0 Å². The molecule has 2 aromatic rings. The van der Waals surface area contributed by atoms with Gasteiger partial charge in [-0.3, -0.25) is 4.79 Å². The van der Waals surface area contributed by atoms with Gasteiger partial charge in [-0.25, -0.2) is 9.37 Å². The van der Waals surface area contributed by atoms with E-state index in [1.54, 1.807) is 6.92 Å². The van der Waals surface area contributed by atoms with Crippen molar-refractivity contribution in [3.8, 4) is 0 Å². The summed E-state index contributed by atoms with van der Waals surface area (Å²) in [5.41, 5.74) is 6.81. The van der Waals surface area contributed by atoms with Gasteiger partial charge >= 0.3 is 0 Å². The van der Waals surface area contributed by atoms with Gasteiger partial charge in [-0.1, -0.05) is 11.6 Å². The molecule has 0 aliphatic rings. The summed E-state index contributed by atoms with van der Waals surface area (Å²) in [7, 11) is 0. The van der Waals surface area contributed by atoms with Gasteiger partial charge in [0.1, 0.15) is 11.6 Å². The summed E-state index contributed by atoms with van der Waals surface area (Å²) in [4.78, 5) is 15.9. The van der Waals surface area contributed by atoms with Crippen molar-refractivity contribution < 1.29 is 9.18 Å². The van der Waals surface area contributed by atoms with Crippen LogP contribution in [0.15, 0.2) is 28.9 Å². The lowest BCUT2D eigenvalue weighted by Gasteiger charge is -2.10. The van der Waals surface area contributed by atoms with E-state index in [4.69, 9.17) is 17.3 Å². The zero-order valence-electron chi connectivity index (χ0n) is 10.4. The van der Waals surface area contributed by atoms with E-state index >= 15 is 0 Å². The number of benzene rings is 1. The molecule has 0 aliphatic carbocycles. The second-order valence-corrected chi connectivity index (χ2v) is 5.39. The average Bonchev–Trinajstić information content (AvgIpc) is 2.38. The Labute approximate surface area is 128 Å². The second-order valence-electron chi connectivity index (χ2n) is 4.12. The summed E-state index contributed by atoms with van der Waals surface area (Å²) >= 11 is 8.98. The number of carbonyl (C=O) groups is 1. The topological polar surface area (TPSA) is 68.0 Å². The maximum atomic E-state index is 13.3. The number of nitrogen functional groups attached to an aromatic ring is 1. The van der Waals surface area contributed by atoms with Crippen LogP contribution in [0.1, 0.15) is 15.9 Å². The number of nitrogens with one attached hydrogen (secondary N) is 1. The summed E-state index contributed by atoms with van der Waals surface area (Å²) in [5.74, 6) is -0.644. The predicted molar refractivity (Wildman–Crippen MR) is 80.4 cm³/mol. The molecular weight excluding hydrogens is 349 g/mol. The van der Waals surface area contributed by atoms with Crippen molar-refractivity contribution in [1.82, 2.24) is 4.98 Å². The average molecular weight is 359 g/mol. The Hall–Kier alpha value is -1.66. The monoisotopic (exact) mass is 357 g/mol. The Bertz CT molecular complexity index is 694. The largest absolute Gasteiger partial charge is 0.384 e. The van der Waals surface area contributed by atoms with E-state index in [9.17, 15) is 9.18 Å². The number of hydrogen-bond donors (Lipinski definition) is 2. The number of carbonyl (C=O) groups excluding carboxylic acids is 1. The van der Waals surface area contributed by atoms with Crippen LogP contribution in [0.25, 0.3) is 0 Å². The molecule has 0 unspecified atom stereocenters. The first-order chi connectivity index (χ1) is 9.38. The number of hydrogen-bond acceptors (Lipinski definition) is 3. The quantitative estimate of drug-likeness (QED) is 0.858. The van der Waals surface area contributed by atoms with Crippen LogP contribution in [0, 0.1) is 12.7 Å². The lowest BCUT2D eigenvalue weighted by molar-refractivity contribution is 0.102. The fourth-order valence-corrected chi connectivity index (χ4v) is 2.13. The minimum atomic E-state index is -0.439. The highest BCUT2D eigenvalue weighted by Gasteiger charge is 2.14. The Morgan fingerprint density at radius 3 is 2.85 bits per heavy atom. The fourth-order valence-electron chi connectivity index (χ4n) is 1.60. The van der Waals surface area contributed by atoms with Crippen LogP contribution >= 0.6 is 27.5 Å². The second kappa shape index (κ2) is 5.76. The lowest BCUT2D eigenvalue weighted by Crippen LogP contribution is -2.14. The summed E-state index contributed by atoms with van der Waals surface area (Å²) in [5, 5.41) is 2.85. The van der Waals surface area contributed by atoms with Gasteiger partial charge in [0.2, 0.25) is 0 Å². The molecule has 7 heteroatoms. The van der Waals surface area contributed by atoms with Crippen LogP contribution in [0.4, 0.5) is 15.9 Å². The number of anilines is 2. The number of aromatic nitrogens is 1. The third-order valence-corrected chi connectivity index (χ3v) is 3.55. The fraction of sp³-hybridized carbons (Fsp3) is 0.0769. The lowest BCUT2D eigenvalue weighted by atomic mass is 10.1. The zero-order valence-corrected chi connectivity index (χ0v) is 12.7. The highest BCUT2D eigenvalue weighted by atomic mass is 79.9. The van der Waals surface area contributed by atoms with E-state index in [1.165, 1.54) is 24.4 Å². The Kier molecular flexibility index (Phi) is 4.25. The summed E-state index contributed by atoms with van der Waals surface area (Å²) in [6.07, 6.45) is 1.30. The van der Waals surface area contributed by atoms with Gasteiger partial charge in [0.25, 0.3) is 5.91 Å². The Morgan fingerprint density at radius 2 is 2.15 bits per heavy atom. The maximum Gasteiger partial charge on any atom is 0.257 e. The minimum Gasteiger partial charge on any atom is -0.384 e. The van der Waals surface area contributed by atoms with Gasteiger partial charge in [-0.2, -0.15) is 0 Å². The highest BCUT2D eigenvalue weighted by molar-refractivity contribution is 9.10. The van der Waals surface area contributed by atoms with Crippen molar-refractivity contribution in [2.24, 2.45) is 0 Å². The first kappa shape index (κ1) is 14.7. The number of amides is 1. The molecule has 0 fully saturated rings. The molecule has 4 nitrogen and oxygen atoms in total. The van der Waals surface area contributed by atoms with Gasteiger partial charge in [0.05, 0.1) is 15.1 Å². The molecule has 2 rings (SSSR count). The van der Waals surface area contributed by atoms with Gasteiger partial charge in [0, 0.05) is 11.9 Å². The summed E-state index contributed by atoms with van der Waals surface area (Å²) < 4.78 is 13.6. The molecule has 0 radical (unpaired) electrons. The minimum absolute atomic E-state index is 0.190. The van der Waals surface area contributed by atoms with Crippen LogP contribution in [0.5, 0.6) is 0 Å². The SMILES string of the molecule is Cc1cc(F)c(Br)cc1NC(=O)c1cc(N)ncc1Cl. The van der Waals surface area contributed by atoms with Crippen molar-refractivity contribution in [3.63, 3.8) is 0 Å². The molecule has 1 amide bonds. The first-order valence-corrected chi connectivity index (χ1v) is 6.73. The molecule has 1 aromatic carbocycles. The number of halogens is 3. The third kappa shape index (κ3) is 3.08. The van der Waals surface area contributed by atoms with E-state index in [-0.39, 0.29) is 20.9 Å².